The second-order valence-electron chi connectivity index (χ2n) is 5.22. The fraction of sp³-hybridized carbons (Fsp3) is 0.353. The van der Waals surface area contributed by atoms with Crippen LogP contribution in [0.2, 0.25) is 0 Å². The van der Waals surface area contributed by atoms with Gasteiger partial charge in [0.25, 0.3) is 0 Å². The van der Waals surface area contributed by atoms with Gasteiger partial charge < -0.3 is 10.2 Å². The van der Waals surface area contributed by atoms with Gasteiger partial charge in [-0.15, -0.1) is 0 Å². The van der Waals surface area contributed by atoms with Gasteiger partial charge in [0, 0.05) is 19.1 Å². The van der Waals surface area contributed by atoms with Crippen molar-refractivity contribution in [2.75, 3.05) is 11.9 Å². The van der Waals surface area contributed by atoms with Crippen LogP contribution in [0.15, 0.2) is 48.5 Å². The third kappa shape index (κ3) is 3.81. The standard InChI is InChI=1S/C17H23N3/c1-14(2)20(13-15-8-5-4-6-9-15)17-11-7-10-16(19-17)12-18-3/h4-11,14,18H,12-13H2,1-3H3. The molecule has 1 aromatic heterocycles. The Labute approximate surface area is 121 Å². The third-order valence-electron chi connectivity index (χ3n) is 3.26. The molecule has 0 atom stereocenters. The number of hydrogen-bond acceptors (Lipinski definition) is 3. The van der Waals surface area contributed by atoms with Crippen molar-refractivity contribution in [3.05, 3.63) is 59.8 Å². The lowest BCUT2D eigenvalue weighted by atomic mass is 10.2. The molecule has 3 nitrogen and oxygen atoms in total. The van der Waals surface area contributed by atoms with Gasteiger partial charge in [0.15, 0.2) is 0 Å². The van der Waals surface area contributed by atoms with E-state index in [9.17, 15) is 0 Å². The van der Waals surface area contributed by atoms with E-state index in [-0.39, 0.29) is 0 Å². The van der Waals surface area contributed by atoms with Gasteiger partial charge in [0.1, 0.15) is 5.82 Å². The lowest BCUT2D eigenvalue weighted by Gasteiger charge is -2.28. The first-order valence-corrected chi connectivity index (χ1v) is 7.12. The first kappa shape index (κ1) is 14.5. The van der Waals surface area contributed by atoms with E-state index in [2.05, 4.69) is 72.6 Å². The van der Waals surface area contributed by atoms with Crippen molar-refractivity contribution in [1.82, 2.24) is 10.3 Å². The molecule has 0 unspecified atom stereocenters. The predicted octanol–water partition coefficient (Wildman–Crippen LogP) is 3.22. The Kier molecular flexibility index (Phi) is 5.13. The van der Waals surface area contributed by atoms with E-state index in [4.69, 9.17) is 4.98 Å². The SMILES string of the molecule is CNCc1cccc(N(Cc2ccccc2)C(C)C)n1. The van der Waals surface area contributed by atoms with Crippen LogP contribution >= 0.6 is 0 Å². The lowest BCUT2D eigenvalue weighted by Crippen LogP contribution is -2.31. The number of nitrogens with zero attached hydrogens (tertiary/aromatic N) is 2. The normalized spacial score (nSPS) is 10.8. The van der Waals surface area contributed by atoms with Crippen LogP contribution in [0.3, 0.4) is 0 Å². The summed E-state index contributed by atoms with van der Waals surface area (Å²) in [6.45, 7) is 6.09. The molecule has 0 fully saturated rings. The van der Waals surface area contributed by atoms with E-state index in [0.717, 1.165) is 24.6 Å². The molecule has 1 aromatic carbocycles. The molecule has 1 N–H and O–H groups in total. The van der Waals surface area contributed by atoms with Gasteiger partial charge in [-0.1, -0.05) is 36.4 Å². The summed E-state index contributed by atoms with van der Waals surface area (Å²) < 4.78 is 0. The average Bonchev–Trinajstić information content (AvgIpc) is 2.46. The van der Waals surface area contributed by atoms with Crippen molar-refractivity contribution in [3.8, 4) is 0 Å². The molecular formula is C17H23N3. The number of anilines is 1. The van der Waals surface area contributed by atoms with Gasteiger partial charge in [-0.05, 0) is 38.6 Å². The minimum Gasteiger partial charge on any atom is -0.350 e. The Hall–Kier alpha value is -1.87. The maximum atomic E-state index is 4.74. The molecule has 0 aliphatic carbocycles. The molecule has 1 heterocycles. The molecule has 0 spiro atoms. The first-order valence-electron chi connectivity index (χ1n) is 7.12. The van der Waals surface area contributed by atoms with E-state index in [1.54, 1.807) is 0 Å². The number of pyridine rings is 1. The summed E-state index contributed by atoms with van der Waals surface area (Å²) in [6, 6.07) is 17.2. The Morgan fingerprint density at radius 3 is 2.45 bits per heavy atom. The molecule has 0 bridgehead atoms. The molecule has 20 heavy (non-hydrogen) atoms. The predicted molar refractivity (Wildman–Crippen MR) is 84.8 cm³/mol. The summed E-state index contributed by atoms with van der Waals surface area (Å²) in [5.41, 5.74) is 2.38. The molecule has 106 valence electrons. The monoisotopic (exact) mass is 269 g/mol. The maximum Gasteiger partial charge on any atom is 0.129 e. The van der Waals surface area contributed by atoms with Gasteiger partial charge in [-0.25, -0.2) is 4.98 Å². The molecule has 0 radical (unpaired) electrons. The van der Waals surface area contributed by atoms with Crippen LogP contribution in [0.25, 0.3) is 0 Å². The molecule has 0 saturated heterocycles. The van der Waals surface area contributed by atoms with Crippen LogP contribution in [-0.2, 0) is 13.1 Å². The van der Waals surface area contributed by atoms with Crippen LogP contribution in [0.1, 0.15) is 25.1 Å². The van der Waals surface area contributed by atoms with Gasteiger partial charge in [-0.2, -0.15) is 0 Å². The van der Waals surface area contributed by atoms with Crippen LogP contribution in [-0.4, -0.2) is 18.1 Å². The second-order valence-corrected chi connectivity index (χ2v) is 5.22. The highest BCUT2D eigenvalue weighted by Crippen LogP contribution is 2.18. The number of aromatic nitrogens is 1. The average molecular weight is 269 g/mol. The van der Waals surface area contributed by atoms with E-state index in [1.807, 2.05) is 7.05 Å². The number of rotatable bonds is 6. The van der Waals surface area contributed by atoms with Crippen LogP contribution in [0.5, 0.6) is 0 Å². The topological polar surface area (TPSA) is 28.2 Å². The van der Waals surface area contributed by atoms with Crippen LogP contribution < -0.4 is 10.2 Å². The van der Waals surface area contributed by atoms with Crippen molar-refractivity contribution >= 4 is 5.82 Å². The largest absolute Gasteiger partial charge is 0.350 e. The van der Waals surface area contributed by atoms with Crippen LogP contribution in [0, 0.1) is 0 Å². The Balaban J connectivity index is 2.22. The minimum atomic E-state index is 0.410. The Morgan fingerprint density at radius 2 is 1.80 bits per heavy atom. The zero-order chi connectivity index (χ0) is 14.4. The maximum absolute atomic E-state index is 4.74. The van der Waals surface area contributed by atoms with Gasteiger partial charge in [0.05, 0.1) is 5.69 Å². The number of nitrogens with one attached hydrogen (secondary N) is 1. The molecule has 0 amide bonds. The van der Waals surface area contributed by atoms with Crippen molar-refractivity contribution < 1.29 is 0 Å². The van der Waals surface area contributed by atoms with E-state index in [0.29, 0.717) is 6.04 Å². The summed E-state index contributed by atoms with van der Waals surface area (Å²) in [7, 11) is 1.94. The molecule has 0 aliphatic heterocycles. The zero-order valence-corrected chi connectivity index (χ0v) is 12.5. The van der Waals surface area contributed by atoms with Crippen LogP contribution in [0.4, 0.5) is 5.82 Å². The molecule has 0 aliphatic rings. The third-order valence-corrected chi connectivity index (χ3v) is 3.26. The van der Waals surface area contributed by atoms with Crippen molar-refractivity contribution in [2.45, 2.75) is 33.0 Å². The van der Waals surface area contributed by atoms with Gasteiger partial charge in [-0.3, -0.25) is 0 Å². The smallest absolute Gasteiger partial charge is 0.129 e. The van der Waals surface area contributed by atoms with E-state index < -0.39 is 0 Å². The highest BCUT2D eigenvalue weighted by Gasteiger charge is 2.12. The highest BCUT2D eigenvalue weighted by molar-refractivity contribution is 5.41. The summed E-state index contributed by atoms with van der Waals surface area (Å²) in [5, 5.41) is 3.15. The quantitative estimate of drug-likeness (QED) is 0.872. The summed E-state index contributed by atoms with van der Waals surface area (Å²) in [4.78, 5) is 7.07. The summed E-state index contributed by atoms with van der Waals surface area (Å²) in [6.07, 6.45) is 0. The number of benzene rings is 1. The Morgan fingerprint density at radius 1 is 1.05 bits per heavy atom. The fourth-order valence-corrected chi connectivity index (χ4v) is 2.21. The van der Waals surface area contributed by atoms with Crippen molar-refractivity contribution in [3.63, 3.8) is 0 Å². The van der Waals surface area contributed by atoms with E-state index >= 15 is 0 Å². The van der Waals surface area contributed by atoms with Crippen molar-refractivity contribution in [2.24, 2.45) is 0 Å². The van der Waals surface area contributed by atoms with Gasteiger partial charge >= 0.3 is 0 Å². The summed E-state index contributed by atoms with van der Waals surface area (Å²) >= 11 is 0. The van der Waals surface area contributed by atoms with Gasteiger partial charge in [0.2, 0.25) is 0 Å². The lowest BCUT2D eigenvalue weighted by molar-refractivity contribution is 0.667. The Bertz CT molecular complexity index is 523. The first-order chi connectivity index (χ1) is 9.70. The zero-order valence-electron chi connectivity index (χ0n) is 12.5. The second kappa shape index (κ2) is 7.06. The summed E-state index contributed by atoms with van der Waals surface area (Å²) in [5.74, 6) is 1.04. The highest BCUT2D eigenvalue weighted by atomic mass is 15.2. The van der Waals surface area contributed by atoms with Crippen molar-refractivity contribution in [1.29, 1.82) is 0 Å². The minimum absolute atomic E-state index is 0.410. The van der Waals surface area contributed by atoms with E-state index in [1.165, 1.54) is 5.56 Å². The number of hydrogen-bond donors (Lipinski definition) is 1. The molecule has 2 rings (SSSR count). The molecule has 3 heteroatoms. The fourth-order valence-electron chi connectivity index (χ4n) is 2.21. The molecule has 2 aromatic rings. The molecule has 0 saturated carbocycles. The molecular weight excluding hydrogens is 246 g/mol.